The molecule has 12 heavy (non-hydrogen) atoms. The summed E-state index contributed by atoms with van der Waals surface area (Å²) in [5.74, 6) is 0.735. The molecule has 0 radical (unpaired) electrons. The third-order valence-electron chi connectivity index (χ3n) is 1.24. The third kappa shape index (κ3) is 2.87. The molecule has 0 unspecified atom stereocenters. The number of allylic oxidation sites excluding steroid dienone is 2. The molecule has 1 rings (SSSR count). The van der Waals surface area contributed by atoms with Gasteiger partial charge >= 0.3 is 0 Å². The highest BCUT2D eigenvalue weighted by atomic mass is 79.9. The summed E-state index contributed by atoms with van der Waals surface area (Å²) in [5, 5.41) is 13.7. The zero-order chi connectivity index (χ0) is 8.81. The van der Waals surface area contributed by atoms with Gasteiger partial charge < -0.3 is 10.5 Å². The summed E-state index contributed by atoms with van der Waals surface area (Å²) in [5.41, 5.74) is 0. The van der Waals surface area contributed by atoms with Gasteiger partial charge in [0.05, 0.1) is 0 Å². The highest BCUT2D eigenvalue weighted by Gasteiger charge is 1.96. The van der Waals surface area contributed by atoms with Gasteiger partial charge in [-0.15, -0.1) is 0 Å². The minimum atomic E-state index is 0.680. The van der Waals surface area contributed by atoms with Gasteiger partial charge in [-0.25, -0.2) is 4.99 Å². The van der Waals surface area contributed by atoms with E-state index >= 15 is 0 Å². The molecule has 0 saturated heterocycles. The molecule has 5 heteroatoms. The van der Waals surface area contributed by atoms with E-state index in [1.807, 2.05) is 12.2 Å². The third-order valence-corrected chi connectivity index (χ3v) is 1.83. The fourth-order valence-electron chi connectivity index (χ4n) is 0.713. The summed E-state index contributed by atoms with van der Waals surface area (Å²) in [6.45, 7) is 0. The lowest BCUT2D eigenvalue weighted by Gasteiger charge is -1.97. The van der Waals surface area contributed by atoms with Gasteiger partial charge in [-0.3, -0.25) is 0 Å². The number of aliphatic imine (C=N–C) groups is 1. The predicted molar refractivity (Wildman–Crippen MR) is 51.6 cm³/mol. The first-order valence-electron chi connectivity index (χ1n) is 3.34. The second kappa shape index (κ2) is 4.71. The van der Waals surface area contributed by atoms with Crippen molar-refractivity contribution < 1.29 is 5.21 Å². The standard InChI is InChI=1S/C7H8BrN3O/c8-6-1-2-7(9-4-3-6)10-5-11-12/h1,3-5,12H,2H2,(H,9,10,11). The van der Waals surface area contributed by atoms with Crippen LogP contribution in [-0.2, 0) is 0 Å². The van der Waals surface area contributed by atoms with Gasteiger partial charge in [-0.1, -0.05) is 27.2 Å². The number of nitrogens with zero attached hydrogens (tertiary/aromatic N) is 2. The lowest BCUT2D eigenvalue weighted by Crippen LogP contribution is -2.20. The van der Waals surface area contributed by atoms with Crippen LogP contribution in [0.3, 0.4) is 0 Å². The maximum absolute atomic E-state index is 8.13. The van der Waals surface area contributed by atoms with Crippen LogP contribution in [0.1, 0.15) is 6.42 Å². The van der Waals surface area contributed by atoms with E-state index in [0.29, 0.717) is 6.42 Å². The average Bonchev–Trinajstić information content (AvgIpc) is 2.27. The molecule has 1 aliphatic rings. The van der Waals surface area contributed by atoms with Crippen molar-refractivity contribution in [1.29, 1.82) is 0 Å². The number of halogens is 1. The summed E-state index contributed by atoms with van der Waals surface area (Å²) < 4.78 is 0.990. The Bertz CT molecular complexity index is 265. The molecule has 1 heterocycles. The van der Waals surface area contributed by atoms with E-state index in [9.17, 15) is 0 Å². The second-order valence-electron chi connectivity index (χ2n) is 2.07. The fraction of sp³-hybridized carbons (Fsp3) is 0.143. The van der Waals surface area contributed by atoms with Crippen molar-refractivity contribution in [2.24, 2.45) is 10.1 Å². The van der Waals surface area contributed by atoms with Gasteiger partial charge in [0.2, 0.25) is 0 Å². The van der Waals surface area contributed by atoms with E-state index in [2.05, 4.69) is 31.4 Å². The molecule has 4 nitrogen and oxygen atoms in total. The van der Waals surface area contributed by atoms with Gasteiger partial charge in [-0.05, 0) is 6.08 Å². The molecule has 0 spiro atoms. The van der Waals surface area contributed by atoms with Crippen LogP contribution in [-0.4, -0.2) is 17.4 Å². The van der Waals surface area contributed by atoms with E-state index in [4.69, 9.17) is 5.21 Å². The molecule has 0 aromatic rings. The Morgan fingerprint density at radius 3 is 3.33 bits per heavy atom. The maximum atomic E-state index is 8.13. The van der Waals surface area contributed by atoms with Gasteiger partial charge in [-0.2, -0.15) is 0 Å². The zero-order valence-electron chi connectivity index (χ0n) is 6.24. The summed E-state index contributed by atoms with van der Waals surface area (Å²) in [6.07, 6.45) is 7.33. The van der Waals surface area contributed by atoms with Crippen LogP contribution >= 0.6 is 15.9 Å². The molecule has 0 aliphatic carbocycles. The lowest BCUT2D eigenvalue weighted by molar-refractivity contribution is 0.320. The number of nitrogens with one attached hydrogen (secondary N) is 1. The van der Waals surface area contributed by atoms with Crippen LogP contribution in [0, 0.1) is 0 Å². The number of amidine groups is 1. The molecule has 64 valence electrons. The largest absolute Gasteiger partial charge is 0.410 e. The van der Waals surface area contributed by atoms with Crippen LogP contribution in [0.15, 0.2) is 33.0 Å². The maximum Gasteiger partial charge on any atom is 0.133 e. The minimum Gasteiger partial charge on any atom is -0.410 e. The van der Waals surface area contributed by atoms with Crippen molar-refractivity contribution >= 4 is 28.1 Å². The van der Waals surface area contributed by atoms with Crippen LogP contribution in [0.4, 0.5) is 0 Å². The lowest BCUT2D eigenvalue weighted by atomic mass is 10.3. The molecule has 0 aromatic heterocycles. The molecule has 0 atom stereocenters. The van der Waals surface area contributed by atoms with E-state index in [1.165, 1.54) is 6.34 Å². The highest BCUT2D eigenvalue weighted by molar-refractivity contribution is 9.11. The molecule has 0 saturated carbocycles. The van der Waals surface area contributed by atoms with E-state index < -0.39 is 0 Å². The first-order valence-corrected chi connectivity index (χ1v) is 4.13. The molecule has 0 bridgehead atoms. The Labute approximate surface area is 78.5 Å². The zero-order valence-corrected chi connectivity index (χ0v) is 7.82. The number of rotatable bonds is 1. The van der Waals surface area contributed by atoms with Gasteiger partial charge in [0, 0.05) is 17.1 Å². The van der Waals surface area contributed by atoms with Gasteiger partial charge in [0.15, 0.2) is 0 Å². The van der Waals surface area contributed by atoms with Gasteiger partial charge in [0.25, 0.3) is 0 Å². The Balaban J connectivity index is 2.57. The fourth-order valence-corrected chi connectivity index (χ4v) is 0.993. The van der Waals surface area contributed by atoms with Crippen LogP contribution in [0.25, 0.3) is 0 Å². The molecule has 0 amide bonds. The Morgan fingerprint density at radius 1 is 1.75 bits per heavy atom. The first kappa shape index (κ1) is 8.99. The normalized spacial score (nSPS) is 17.1. The van der Waals surface area contributed by atoms with Crippen LogP contribution in [0.5, 0.6) is 0 Å². The first-order chi connectivity index (χ1) is 5.83. The second-order valence-corrected chi connectivity index (χ2v) is 2.99. The predicted octanol–water partition coefficient (Wildman–Crippen LogP) is 1.59. The van der Waals surface area contributed by atoms with Crippen molar-refractivity contribution in [3.8, 4) is 0 Å². The van der Waals surface area contributed by atoms with Crippen molar-refractivity contribution in [3.05, 3.63) is 22.8 Å². The van der Waals surface area contributed by atoms with E-state index in [1.54, 1.807) is 6.20 Å². The minimum absolute atomic E-state index is 0.680. The number of hydrogen-bond acceptors (Lipinski definition) is 3. The van der Waals surface area contributed by atoms with E-state index in [0.717, 1.165) is 10.3 Å². The molecule has 1 aliphatic heterocycles. The Morgan fingerprint density at radius 2 is 2.58 bits per heavy atom. The molecule has 0 fully saturated rings. The quantitative estimate of drug-likeness (QED) is 0.311. The summed E-state index contributed by atoms with van der Waals surface area (Å²) in [6, 6.07) is 0. The average molecular weight is 230 g/mol. The summed E-state index contributed by atoms with van der Waals surface area (Å²) in [4.78, 5) is 4.05. The SMILES string of the molecule is O/N=C/NC1=NC=CC(Br)=CC1. The smallest absolute Gasteiger partial charge is 0.133 e. The summed E-state index contributed by atoms with van der Waals surface area (Å²) >= 11 is 3.32. The number of hydrogen-bond donors (Lipinski definition) is 2. The van der Waals surface area contributed by atoms with Crippen molar-refractivity contribution in [1.82, 2.24) is 5.32 Å². The van der Waals surface area contributed by atoms with Crippen LogP contribution in [0.2, 0.25) is 0 Å². The molecular formula is C7H8BrN3O. The Kier molecular flexibility index (Phi) is 3.53. The van der Waals surface area contributed by atoms with Crippen LogP contribution < -0.4 is 5.32 Å². The van der Waals surface area contributed by atoms with Gasteiger partial charge in [0.1, 0.15) is 12.2 Å². The number of oxime groups is 1. The highest BCUT2D eigenvalue weighted by Crippen LogP contribution is 2.10. The molecule has 0 aromatic carbocycles. The molecule has 2 N–H and O–H groups in total. The van der Waals surface area contributed by atoms with Crippen molar-refractivity contribution in [2.45, 2.75) is 6.42 Å². The van der Waals surface area contributed by atoms with Crippen molar-refractivity contribution in [2.75, 3.05) is 0 Å². The molecular weight excluding hydrogens is 222 g/mol. The topological polar surface area (TPSA) is 57.0 Å². The van der Waals surface area contributed by atoms with Crippen molar-refractivity contribution in [3.63, 3.8) is 0 Å². The van der Waals surface area contributed by atoms with E-state index in [-0.39, 0.29) is 0 Å². The summed E-state index contributed by atoms with van der Waals surface area (Å²) in [7, 11) is 0. The Hall–Kier alpha value is -1.10. The monoisotopic (exact) mass is 229 g/mol.